The molecule has 2 aliphatic rings. The lowest BCUT2D eigenvalue weighted by Gasteiger charge is -2.30. The number of hydrogen-bond donors (Lipinski definition) is 1. The molecule has 0 aliphatic heterocycles. The van der Waals surface area contributed by atoms with E-state index in [2.05, 4.69) is 20.4 Å². The van der Waals surface area contributed by atoms with Gasteiger partial charge < -0.3 is 5.32 Å². The van der Waals surface area contributed by atoms with Crippen LogP contribution in [0.25, 0.3) is 0 Å². The Balaban J connectivity index is 1.41. The van der Waals surface area contributed by atoms with E-state index in [0.717, 1.165) is 68.6 Å². The van der Waals surface area contributed by atoms with Gasteiger partial charge in [0.05, 0.1) is 11.7 Å². The molecule has 6 nitrogen and oxygen atoms in total. The second-order valence-corrected chi connectivity index (χ2v) is 7.19. The molecular weight excluding hydrogens is 359 g/mol. The first-order valence-electron chi connectivity index (χ1n) is 9.17. The van der Waals surface area contributed by atoms with E-state index >= 15 is 0 Å². The van der Waals surface area contributed by atoms with Crippen LogP contribution < -0.4 is 10.9 Å². The molecule has 0 atom stereocenters. The number of fused-ring (bicyclic) bond motifs is 1. The van der Waals surface area contributed by atoms with Crippen molar-refractivity contribution in [3.8, 4) is 0 Å². The average molecular weight is 379 g/mol. The average Bonchev–Trinajstić information content (AvgIpc) is 3.08. The predicted octanol–water partition coefficient (Wildman–Crippen LogP) is 3.14. The van der Waals surface area contributed by atoms with Crippen molar-refractivity contribution in [1.82, 2.24) is 19.7 Å². The summed E-state index contributed by atoms with van der Waals surface area (Å²) in [7, 11) is 0. The highest BCUT2D eigenvalue weighted by Gasteiger charge is 2.33. The molecule has 0 radical (unpaired) electrons. The van der Waals surface area contributed by atoms with Crippen LogP contribution in [0.3, 0.4) is 0 Å². The van der Waals surface area contributed by atoms with Crippen LogP contribution in [0.5, 0.6) is 0 Å². The third kappa shape index (κ3) is 3.81. The monoisotopic (exact) mass is 379 g/mol. The van der Waals surface area contributed by atoms with Crippen molar-refractivity contribution in [2.45, 2.75) is 63.2 Å². The minimum absolute atomic E-state index is 0.0161. The van der Waals surface area contributed by atoms with E-state index in [0.29, 0.717) is 0 Å². The van der Waals surface area contributed by atoms with Gasteiger partial charge in [0, 0.05) is 18.2 Å². The molecule has 2 aliphatic carbocycles. The van der Waals surface area contributed by atoms with Crippen molar-refractivity contribution in [2.24, 2.45) is 0 Å². The molecular formula is C18H20F3N5O. The van der Waals surface area contributed by atoms with E-state index in [1.807, 2.05) is 0 Å². The highest BCUT2D eigenvalue weighted by Crippen LogP contribution is 2.31. The number of halogens is 3. The lowest BCUT2D eigenvalue weighted by atomic mass is 9.91. The maximum absolute atomic E-state index is 12.8. The Kier molecular flexibility index (Phi) is 4.61. The predicted molar refractivity (Wildman–Crippen MR) is 92.5 cm³/mol. The van der Waals surface area contributed by atoms with Crippen LogP contribution in [0.15, 0.2) is 23.3 Å². The maximum atomic E-state index is 12.8. The van der Waals surface area contributed by atoms with Gasteiger partial charge in [0.15, 0.2) is 0 Å². The molecule has 0 unspecified atom stereocenters. The summed E-state index contributed by atoms with van der Waals surface area (Å²) in [6, 6.07) is 2.69. The molecule has 9 heteroatoms. The van der Waals surface area contributed by atoms with Gasteiger partial charge in [-0.05, 0) is 50.5 Å². The van der Waals surface area contributed by atoms with Gasteiger partial charge in [0.25, 0.3) is 5.56 Å². The Hall–Kier alpha value is -2.45. The molecule has 0 spiro atoms. The van der Waals surface area contributed by atoms with Gasteiger partial charge in [-0.3, -0.25) is 4.79 Å². The van der Waals surface area contributed by atoms with E-state index in [9.17, 15) is 18.0 Å². The van der Waals surface area contributed by atoms with Crippen molar-refractivity contribution < 1.29 is 13.2 Å². The largest absolute Gasteiger partial charge is 0.433 e. The molecule has 2 aromatic heterocycles. The number of aromatic nitrogens is 4. The molecule has 144 valence electrons. The van der Waals surface area contributed by atoms with E-state index in [-0.39, 0.29) is 23.5 Å². The molecule has 1 N–H and O–H groups in total. The number of nitrogens with one attached hydrogen (secondary N) is 1. The standard InChI is InChI=1S/C18H20F3N5O/c19-18(20,21)15-9-16(23-10-22-15)24-12-4-6-13(7-5-12)26-17(27)8-11-2-1-3-14(11)25-26/h8-10,12-13H,1-7H2,(H,22,23,24). The van der Waals surface area contributed by atoms with Gasteiger partial charge >= 0.3 is 6.18 Å². The molecule has 0 amide bonds. The third-order valence-electron chi connectivity index (χ3n) is 5.33. The molecule has 1 fully saturated rings. The fourth-order valence-corrected chi connectivity index (χ4v) is 3.94. The number of hydrogen-bond acceptors (Lipinski definition) is 5. The van der Waals surface area contributed by atoms with Gasteiger partial charge in [0.1, 0.15) is 17.8 Å². The van der Waals surface area contributed by atoms with Crippen LogP contribution in [0.1, 0.15) is 55.1 Å². The first kappa shape index (κ1) is 17.9. The lowest BCUT2D eigenvalue weighted by molar-refractivity contribution is -0.141. The minimum Gasteiger partial charge on any atom is -0.367 e. The van der Waals surface area contributed by atoms with Crippen molar-refractivity contribution in [2.75, 3.05) is 5.32 Å². The fraction of sp³-hybridized carbons (Fsp3) is 0.556. The zero-order valence-corrected chi connectivity index (χ0v) is 14.7. The van der Waals surface area contributed by atoms with Crippen molar-refractivity contribution in [3.63, 3.8) is 0 Å². The first-order chi connectivity index (χ1) is 12.9. The summed E-state index contributed by atoms with van der Waals surface area (Å²) in [6.07, 6.45) is 2.29. The Bertz CT molecular complexity index is 887. The second-order valence-electron chi connectivity index (χ2n) is 7.19. The normalized spacial score (nSPS) is 22.5. The molecule has 0 saturated heterocycles. The van der Waals surface area contributed by atoms with Crippen LogP contribution in [0, 0.1) is 0 Å². The molecule has 0 bridgehead atoms. The van der Waals surface area contributed by atoms with Crippen molar-refractivity contribution >= 4 is 5.82 Å². The Morgan fingerprint density at radius 3 is 2.59 bits per heavy atom. The molecule has 0 aromatic carbocycles. The Morgan fingerprint density at radius 1 is 1.07 bits per heavy atom. The van der Waals surface area contributed by atoms with Crippen LogP contribution in [0.4, 0.5) is 19.0 Å². The SMILES string of the molecule is O=c1cc2c(nn1C1CCC(Nc3cc(C(F)(F)F)ncn3)CC1)CCC2. The van der Waals surface area contributed by atoms with Gasteiger partial charge in [-0.15, -0.1) is 0 Å². The lowest BCUT2D eigenvalue weighted by Crippen LogP contribution is -2.34. The molecule has 2 aromatic rings. The van der Waals surface area contributed by atoms with Crippen LogP contribution >= 0.6 is 0 Å². The van der Waals surface area contributed by atoms with Crippen molar-refractivity contribution in [3.05, 3.63) is 45.8 Å². The van der Waals surface area contributed by atoms with E-state index in [4.69, 9.17) is 0 Å². The Morgan fingerprint density at radius 2 is 1.85 bits per heavy atom. The van der Waals surface area contributed by atoms with E-state index in [1.165, 1.54) is 0 Å². The van der Waals surface area contributed by atoms with Gasteiger partial charge in [-0.1, -0.05) is 0 Å². The summed E-state index contributed by atoms with van der Waals surface area (Å²) in [5, 5.41) is 7.63. The molecule has 2 heterocycles. The molecule has 1 saturated carbocycles. The summed E-state index contributed by atoms with van der Waals surface area (Å²) in [5.41, 5.74) is 1.08. The number of aryl methyl sites for hydroxylation is 2. The first-order valence-corrected chi connectivity index (χ1v) is 9.17. The zero-order chi connectivity index (χ0) is 19.0. The highest BCUT2D eigenvalue weighted by atomic mass is 19.4. The quantitative estimate of drug-likeness (QED) is 0.887. The van der Waals surface area contributed by atoms with Gasteiger partial charge in [0.2, 0.25) is 0 Å². The smallest absolute Gasteiger partial charge is 0.367 e. The van der Waals surface area contributed by atoms with Crippen LogP contribution in [-0.2, 0) is 19.0 Å². The van der Waals surface area contributed by atoms with Gasteiger partial charge in [-0.25, -0.2) is 14.6 Å². The minimum atomic E-state index is -4.49. The summed E-state index contributed by atoms with van der Waals surface area (Å²) < 4.78 is 39.9. The summed E-state index contributed by atoms with van der Waals surface area (Å²) in [6.45, 7) is 0. The van der Waals surface area contributed by atoms with Crippen LogP contribution in [0.2, 0.25) is 0 Å². The summed E-state index contributed by atoms with van der Waals surface area (Å²) in [4.78, 5) is 19.5. The summed E-state index contributed by atoms with van der Waals surface area (Å²) >= 11 is 0. The molecule has 27 heavy (non-hydrogen) atoms. The van der Waals surface area contributed by atoms with Gasteiger partial charge in [-0.2, -0.15) is 18.3 Å². The number of anilines is 1. The Labute approximate surface area is 153 Å². The molecule has 4 rings (SSSR count). The van der Waals surface area contributed by atoms with E-state index in [1.54, 1.807) is 10.7 Å². The van der Waals surface area contributed by atoms with Crippen LogP contribution in [-0.4, -0.2) is 25.8 Å². The van der Waals surface area contributed by atoms with E-state index < -0.39 is 11.9 Å². The third-order valence-corrected chi connectivity index (χ3v) is 5.33. The fourth-order valence-electron chi connectivity index (χ4n) is 3.94. The maximum Gasteiger partial charge on any atom is 0.433 e. The number of alkyl halides is 3. The second kappa shape index (κ2) is 6.94. The highest BCUT2D eigenvalue weighted by molar-refractivity contribution is 5.36. The summed E-state index contributed by atoms with van der Waals surface area (Å²) in [5.74, 6) is 0.175. The number of rotatable bonds is 3. The number of nitrogens with zero attached hydrogens (tertiary/aromatic N) is 4. The van der Waals surface area contributed by atoms with Crippen molar-refractivity contribution in [1.29, 1.82) is 0 Å². The zero-order valence-electron chi connectivity index (χ0n) is 14.7. The topological polar surface area (TPSA) is 72.7 Å².